The number of hydrogen-bond donors (Lipinski definition) is 1. The summed E-state index contributed by atoms with van der Waals surface area (Å²) >= 11 is 0. The second-order valence-electron chi connectivity index (χ2n) is 4.53. The van der Waals surface area contributed by atoms with Gasteiger partial charge in [0, 0.05) is 12.1 Å². The van der Waals surface area contributed by atoms with Crippen molar-refractivity contribution in [1.29, 1.82) is 0 Å². The SMILES string of the molecule is Cc1ccc(N)c(Cc2ccccc2C(F)(F)F)c1. The molecule has 0 amide bonds. The fourth-order valence-electron chi connectivity index (χ4n) is 2.04. The zero-order valence-electron chi connectivity index (χ0n) is 10.5. The third kappa shape index (κ3) is 3.08. The Hall–Kier alpha value is -1.97. The van der Waals surface area contributed by atoms with Gasteiger partial charge in [0.15, 0.2) is 0 Å². The topological polar surface area (TPSA) is 26.0 Å². The van der Waals surface area contributed by atoms with Gasteiger partial charge in [0.2, 0.25) is 0 Å². The van der Waals surface area contributed by atoms with E-state index in [9.17, 15) is 13.2 Å². The Morgan fingerprint density at radius 1 is 1.00 bits per heavy atom. The summed E-state index contributed by atoms with van der Waals surface area (Å²) in [6.45, 7) is 1.89. The Kier molecular flexibility index (Phi) is 3.51. The van der Waals surface area contributed by atoms with Gasteiger partial charge in [0.05, 0.1) is 5.56 Å². The molecule has 0 bridgehead atoms. The number of halogens is 3. The smallest absolute Gasteiger partial charge is 0.398 e. The number of anilines is 1. The van der Waals surface area contributed by atoms with Gasteiger partial charge in [-0.2, -0.15) is 13.2 Å². The van der Waals surface area contributed by atoms with Gasteiger partial charge in [-0.1, -0.05) is 35.9 Å². The van der Waals surface area contributed by atoms with Crippen LogP contribution in [0.2, 0.25) is 0 Å². The number of hydrogen-bond acceptors (Lipinski definition) is 1. The quantitative estimate of drug-likeness (QED) is 0.810. The molecule has 0 aliphatic carbocycles. The monoisotopic (exact) mass is 265 g/mol. The number of aryl methyl sites for hydroxylation is 1. The molecule has 0 saturated heterocycles. The largest absolute Gasteiger partial charge is 0.416 e. The van der Waals surface area contributed by atoms with E-state index in [0.717, 1.165) is 17.2 Å². The molecule has 2 aromatic carbocycles. The van der Waals surface area contributed by atoms with E-state index in [0.29, 0.717) is 5.69 Å². The summed E-state index contributed by atoms with van der Waals surface area (Å²) in [5.41, 5.74) is 7.67. The first-order chi connectivity index (χ1) is 8.88. The number of nitrogen functional groups attached to an aromatic ring is 1. The maximum Gasteiger partial charge on any atom is 0.416 e. The number of nitrogens with two attached hydrogens (primary N) is 1. The van der Waals surface area contributed by atoms with Crippen LogP contribution in [0, 0.1) is 6.92 Å². The average molecular weight is 265 g/mol. The molecule has 0 atom stereocenters. The predicted molar refractivity (Wildman–Crippen MR) is 69.8 cm³/mol. The fourth-order valence-corrected chi connectivity index (χ4v) is 2.04. The molecule has 0 fully saturated rings. The molecule has 0 saturated carbocycles. The minimum absolute atomic E-state index is 0.184. The molecule has 0 aliphatic rings. The molecule has 2 N–H and O–H groups in total. The first kappa shape index (κ1) is 13.5. The molecule has 4 heteroatoms. The molecule has 2 rings (SSSR count). The van der Waals surface area contributed by atoms with Gasteiger partial charge in [-0.3, -0.25) is 0 Å². The van der Waals surface area contributed by atoms with Crippen molar-refractivity contribution < 1.29 is 13.2 Å². The third-order valence-electron chi connectivity index (χ3n) is 3.00. The molecule has 2 aromatic rings. The zero-order valence-corrected chi connectivity index (χ0v) is 10.5. The number of rotatable bonds is 2. The van der Waals surface area contributed by atoms with Crippen LogP contribution in [0.25, 0.3) is 0 Å². The van der Waals surface area contributed by atoms with Crippen LogP contribution in [-0.4, -0.2) is 0 Å². The Morgan fingerprint density at radius 2 is 1.68 bits per heavy atom. The lowest BCUT2D eigenvalue weighted by Gasteiger charge is -2.14. The number of benzene rings is 2. The third-order valence-corrected chi connectivity index (χ3v) is 3.00. The molecular weight excluding hydrogens is 251 g/mol. The van der Waals surface area contributed by atoms with Crippen molar-refractivity contribution in [2.75, 3.05) is 5.73 Å². The summed E-state index contributed by atoms with van der Waals surface area (Å²) in [5.74, 6) is 0. The van der Waals surface area contributed by atoms with Crippen LogP contribution in [0.3, 0.4) is 0 Å². The van der Waals surface area contributed by atoms with E-state index in [-0.39, 0.29) is 12.0 Å². The average Bonchev–Trinajstić information content (AvgIpc) is 2.33. The standard InChI is InChI=1S/C15H14F3N/c1-10-6-7-14(19)12(8-10)9-11-4-2-3-5-13(11)15(16,17)18/h2-8H,9,19H2,1H3. The molecule has 0 heterocycles. The fraction of sp³-hybridized carbons (Fsp3) is 0.200. The maximum atomic E-state index is 12.9. The zero-order chi connectivity index (χ0) is 14.0. The van der Waals surface area contributed by atoms with Crippen LogP contribution in [0.4, 0.5) is 18.9 Å². The van der Waals surface area contributed by atoms with Crippen LogP contribution < -0.4 is 5.73 Å². The lowest BCUT2D eigenvalue weighted by atomic mass is 9.97. The van der Waals surface area contributed by atoms with Gasteiger partial charge < -0.3 is 5.73 Å². The summed E-state index contributed by atoms with van der Waals surface area (Å²) in [5, 5.41) is 0. The van der Waals surface area contributed by atoms with Crippen molar-refractivity contribution >= 4 is 5.69 Å². The Balaban J connectivity index is 2.41. The molecule has 1 nitrogen and oxygen atoms in total. The van der Waals surface area contributed by atoms with E-state index in [1.165, 1.54) is 12.1 Å². The van der Waals surface area contributed by atoms with Crippen LogP contribution in [0.1, 0.15) is 22.3 Å². The van der Waals surface area contributed by atoms with Crippen molar-refractivity contribution in [3.8, 4) is 0 Å². The minimum atomic E-state index is -4.34. The van der Waals surface area contributed by atoms with Gasteiger partial charge in [0.1, 0.15) is 0 Å². The van der Waals surface area contributed by atoms with E-state index in [2.05, 4.69) is 0 Å². The highest BCUT2D eigenvalue weighted by molar-refractivity contribution is 5.51. The van der Waals surface area contributed by atoms with Crippen LogP contribution in [0.15, 0.2) is 42.5 Å². The molecule has 0 aliphatic heterocycles. The Bertz CT molecular complexity index is 588. The van der Waals surface area contributed by atoms with E-state index in [4.69, 9.17) is 5.73 Å². The van der Waals surface area contributed by atoms with Gasteiger partial charge in [-0.05, 0) is 30.2 Å². The summed E-state index contributed by atoms with van der Waals surface area (Å²) in [4.78, 5) is 0. The van der Waals surface area contributed by atoms with Crippen LogP contribution in [-0.2, 0) is 12.6 Å². The molecular formula is C15H14F3N. The van der Waals surface area contributed by atoms with Crippen molar-refractivity contribution in [3.63, 3.8) is 0 Å². The molecule has 0 aromatic heterocycles. The predicted octanol–water partition coefficient (Wildman–Crippen LogP) is 4.19. The van der Waals surface area contributed by atoms with Crippen LogP contribution in [0.5, 0.6) is 0 Å². The van der Waals surface area contributed by atoms with Crippen molar-refractivity contribution in [2.45, 2.75) is 19.5 Å². The number of alkyl halides is 3. The molecule has 100 valence electrons. The van der Waals surface area contributed by atoms with Gasteiger partial charge in [-0.15, -0.1) is 0 Å². The van der Waals surface area contributed by atoms with E-state index < -0.39 is 11.7 Å². The normalized spacial score (nSPS) is 11.6. The lowest BCUT2D eigenvalue weighted by Crippen LogP contribution is -2.09. The molecule has 19 heavy (non-hydrogen) atoms. The molecule has 0 spiro atoms. The summed E-state index contributed by atoms with van der Waals surface area (Å²) < 4.78 is 38.7. The van der Waals surface area contributed by atoms with E-state index in [1.807, 2.05) is 19.1 Å². The minimum Gasteiger partial charge on any atom is -0.398 e. The van der Waals surface area contributed by atoms with E-state index >= 15 is 0 Å². The van der Waals surface area contributed by atoms with E-state index in [1.54, 1.807) is 12.1 Å². The highest BCUT2D eigenvalue weighted by Gasteiger charge is 2.32. The summed E-state index contributed by atoms with van der Waals surface area (Å²) in [6.07, 6.45) is -4.15. The van der Waals surface area contributed by atoms with Gasteiger partial charge in [0.25, 0.3) is 0 Å². The second kappa shape index (κ2) is 4.96. The first-order valence-corrected chi connectivity index (χ1v) is 5.88. The highest BCUT2D eigenvalue weighted by atomic mass is 19.4. The molecule has 0 unspecified atom stereocenters. The van der Waals surface area contributed by atoms with Crippen molar-refractivity contribution in [2.24, 2.45) is 0 Å². The molecule has 0 radical (unpaired) electrons. The van der Waals surface area contributed by atoms with Crippen LogP contribution >= 0.6 is 0 Å². The summed E-state index contributed by atoms with van der Waals surface area (Å²) in [7, 11) is 0. The lowest BCUT2D eigenvalue weighted by molar-refractivity contribution is -0.138. The second-order valence-corrected chi connectivity index (χ2v) is 4.53. The first-order valence-electron chi connectivity index (χ1n) is 5.88. The van der Waals surface area contributed by atoms with Gasteiger partial charge in [-0.25, -0.2) is 0 Å². The maximum absolute atomic E-state index is 12.9. The Labute approximate surface area is 109 Å². The van der Waals surface area contributed by atoms with Crippen molar-refractivity contribution in [1.82, 2.24) is 0 Å². The van der Waals surface area contributed by atoms with Gasteiger partial charge >= 0.3 is 6.18 Å². The summed E-state index contributed by atoms with van der Waals surface area (Å²) in [6, 6.07) is 11.0. The highest BCUT2D eigenvalue weighted by Crippen LogP contribution is 2.33. The van der Waals surface area contributed by atoms with Crippen molar-refractivity contribution in [3.05, 3.63) is 64.7 Å². The Morgan fingerprint density at radius 3 is 2.37 bits per heavy atom.